The molecule has 0 spiro atoms. The number of piperidine rings is 1. The van der Waals surface area contributed by atoms with E-state index < -0.39 is 0 Å². The van der Waals surface area contributed by atoms with Crippen LogP contribution < -0.4 is 25.6 Å². The van der Waals surface area contributed by atoms with Gasteiger partial charge in [0.15, 0.2) is 5.69 Å². The van der Waals surface area contributed by atoms with Crippen LogP contribution in [0, 0.1) is 0 Å². The van der Waals surface area contributed by atoms with Gasteiger partial charge in [0, 0.05) is 43.0 Å². The average molecular weight is 517 g/mol. The highest BCUT2D eigenvalue weighted by atomic mass is 16.5. The molecule has 5 rings (SSSR count). The highest BCUT2D eigenvalue weighted by molar-refractivity contribution is 6.09. The van der Waals surface area contributed by atoms with Crippen molar-refractivity contribution in [3.05, 3.63) is 65.5 Å². The molecule has 3 heterocycles. The third-order valence-corrected chi connectivity index (χ3v) is 7.01. The summed E-state index contributed by atoms with van der Waals surface area (Å²) in [5.41, 5.74) is 9.02. The minimum absolute atomic E-state index is 0.128. The number of carbonyl (C=O) groups excluding carboxylic acids is 3. The summed E-state index contributed by atoms with van der Waals surface area (Å²) in [4.78, 5) is 42.7. The van der Waals surface area contributed by atoms with Crippen LogP contribution in [0.2, 0.25) is 0 Å². The maximum atomic E-state index is 13.9. The molecular formula is C28H32N6O4. The molecule has 2 aliphatic rings. The number of nitrogens with one attached hydrogen (secondary N) is 1. The molecule has 3 aromatic rings. The minimum atomic E-state index is -0.321. The highest BCUT2D eigenvalue weighted by Gasteiger charge is 2.35. The molecule has 10 nitrogen and oxygen atoms in total. The van der Waals surface area contributed by atoms with Crippen LogP contribution in [0.1, 0.15) is 52.2 Å². The number of nitrogens with zero attached hydrogens (tertiary/aromatic N) is 4. The first kappa shape index (κ1) is 25.5. The SMILES string of the molecule is COc1ccc(-n2nc(C(=O)NCCCN)c3c2C(=O)N(c2ccc(N4CCCCC4=O)cc2)CC3)cc1. The quantitative estimate of drug-likeness (QED) is 0.444. The van der Waals surface area contributed by atoms with Gasteiger partial charge >= 0.3 is 0 Å². The Kier molecular flexibility index (Phi) is 7.41. The number of benzene rings is 2. The molecule has 10 heteroatoms. The standard InChI is InChI=1S/C28H32N6O4/c1-38-22-12-10-21(11-13-22)34-26-23(25(31-34)27(36)30-16-4-15-29)14-18-33(28(26)37)20-8-6-19(7-9-20)32-17-3-2-5-24(32)35/h6-13H,2-5,14-18,29H2,1H3,(H,30,36). The molecule has 0 atom stereocenters. The third kappa shape index (κ3) is 4.87. The number of hydrogen-bond acceptors (Lipinski definition) is 6. The molecule has 3 N–H and O–H groups in total. The molecule has 0 unspecified atom stereocenters. The van der Waals surface area contributed by atoms with Crippen molar-refractivity contribution in [1.82, 2.24) is 15.1 Å². The van der Waals surface area contributed by atoms with Gasteiger partial charge < -0.3 is 25.6 Å². The summed E-state index contributed by atoms with van der Waals surface area (Å²) < 4.78 is 6.81. The van der Waals surface area contributed by atoms with E-state index in [-0.39, 0.29) is 23.4 Å². The Hall–Kier alpha value is -4.18. The van der Waals surface area contributed by atoms with Crippen molar-refractivity contribution >= 4 is 29.1 Å². The van der Waals surface area contributed by atoms with Crippen LogP contribution in [-0.2, 0) is 11.2 Å². The Morgan fingerprint density at radius 2 is 1.63 bits per heavy atom. The lowest BCUT2D eigenvalue weighted by molar-refractivity contribution is -0.119. The molecule has 2 aromatic carbocycles. The zero-order chi connectivity index (χ0) is 26.6. The van der Waals surface area contributed by atoms with E-state index in [1.165, 1.54) is 0 Å². The fourth-order valence-electron chi connectivity index (χ4n) is 4.98. The van der Waals surface area contributed by atoms with Gasteiger partial charge in [-0.15, -0.1) is 0 Å². The van der Waals surface area contributed by atoms with E-state index in [1.807, 2.05) is 24.3 Å². The molecular weight excluding hydrogens is 484 g/mol. The van der Waals surface area contributed by atoms with E-state index in [0.29, 0.717) is 68.1 Å². The second-order valence-corrected chi connectivity index (χ2v) is 9.41. The molecule has 198 valence electrons. The monoisotopic (exact) mass is 516 g/mol. The predicted octanol–water partition coefficient (Wildman–Crippen LogP) is 2.68. The Morgan fingerprint density at radius 3 is 2.29 bits per heavy atom. The number of aromatic nitrogens is 2. The first-order chi connectivity index (χ1) is 18.5. The molecule has 0 bridgehead atoms. The second-order valence-electron chi connectivity index (χ2n) is 9.41. The van der Waals surface area contributed by atoms with Crippen LogP contribution >= 0.6 is 0 Å². The van der Waals surface area contributed by atoms with Crippen LogP contribution in [0.25, 0.3) is 5.69 Å². The first-order valence-corrected chi connectivity index (χ1v) is 13.0. The third-order valence-electron chi connectivity index (χ3n) is 7.01. The Morgan fingerprint density at radius 1 is 0.947 bits per heavy atom. The van der Waals surface area contributed by atoms with E-state index in [4.69, 9.17) is 10.5 Å². The van der Waals surface area contributed by atoms with Gasteiger partial charge in [0.25, 0.3) is 11.8 Å². The van der Waals surface area contributed by atoms with E-state index in [9.17, 15) is 14.4 Å². The van der Waals surface area contributed by atoms with Crippen molar-refractivity contribution in [3.63, 3.8) is 0 Å². The summed E-state index contributed by atoms with van der Waals surface area (Å²) in [5.74, 6) is 0.245. The van der Waals surface area contributed by atoms with E-state index >= 15 is 0 Å². The van der Waals surface area contributed by atoms with Gasteiger partial charge in [-0.1, -0.05) is 0 Å². The van der Waals surface area contributed by atoms with Crippen LogP contribution in [0.5, 0.6) is 5.75 Å². The van der Waals surface area contributed by atoms with Gasteiger partial charge in [-0.3, -0.25) is 14.4 Å². The number of amides is 3. The number of carbonyl (C=O) groups is 3. The number of nitrogens with two attached hydrogens (primary N) is 1. The molecule has 1 fully saturated rings. The zero-order valence-corrected chi connectivity index (χ0v) is 21.5. The van der Waals surface area contributed by atoms with Crippen LogP contribution in [-0.4, -0.2) is 60.8 Å². The van der Waals surface area contributed by atoms with Gasteiger partial charge in [-0.25, -0.2) is 4.68 Å². The number of anilines is 2. The van der Waals surface area contributed by atoms with Crippen molar-refractivity contribution in [2.45, 2.75) is 32.1 Å². The largest absolute Gasteiger partial charge is 0.497 e. The summed E-state index contributed by atoms with van der Waals surface area (Å²) in [6.45, 7) is 2.02. The van der Waals surface area contributed by atoms with Crippen molar-refractivity contribution < 1.29 is 19.1 Å². The van der Waals surface area contributed by atoms with Crippen molar-refractivity contribution in [3.8, 4) is 11.4 Å². The summed E-state index contributed by atoms with van der Waals surface area (Å²) in [6.07, 6.45) is 3.60. The lowest BCUT2D eigenvalue weighted by Crippen LogP contribution is -2.39. The smallest absolute Gasteiger partial charge is 0.277 e. The van der Waals surface area contributed by atoms with Crippen LogP contribution in [0.3, 0.4) is 0 Å². The predicted molar refractivity (Wildman–Crippen MR) is 144 cm³/mol. The molecule has 1 saturated heterocycles. The molecule has 2 aliphatic heterocycles. The lowest BCUT2D eigenvalue weighted by Gasteiger charge is -2.29. The Balaban J connectivity index is 1.48. The van der Waals surface area contributed by atoms with Gasteiger partial charge in [0.1, 0.15) is 11.4 Å². The summed E-state index contributed by atoms with van der Waals surface area (Å²) in [7, 11) is 1.59. The van der Waals surface area contributed by atoms with Gasteiger partial charge in [0.05, 0.1) is 12.8 Å². The molecule has 0 radical (unpaired) electrons. The summed E-state index contributed by atoms with van der Waals surface area (Å²) in [6, 6.07) is 14.7. The second kappa shape index (κ2) is 11.1. The number of ether oxygens (including phenoxy) is 1. The maximum absolute atomic E-state index is 13.9. The van der Waals surface area contributed by atoms with Crippen LogP contribution in [0.4, 0.5) is 11.4 Å². The molecule has 0 aliphatic carbocycles. The Labute approximate surface area is 221 Å². The van der Waals surface area contributed by atoms with E-state index in [2.05, 4.69) is 10.4 Å². The van der Waals surface area contributed by atoms with Gasteiger partial charge in [-0.05, 0) is 80.8 Å². The number of methoxy groups -OCH3 is 1. The molecule has 0 saturated carbocycles. The number of rotatable bonds is 8. The first-order valence-electron chi connectivity index (χ1n) is 13.0. The minimum Gasteiger partial charge on any atom is -0.497 e. The van der Waals surface area contributed by atoms with Gasteiger partial charge in [-0.2, -0.15) is 5.10 Å². The van der Waals surface area contributed by atoms with Crippen molar-refractivity contribution in [1.29, 1.82) is 0 Å². The van der Waals surface area contributed by atoms with Crippen molar-refractivity contribution in [2.75, 3.05) is 43.1 Å². The average Bonchev–Trinajstić information content (AvgIpc) is 3.35. The Bertz CT molecular complexity index is 1330. The maximum Gasteiger partial charge on any atom is 0.277 e. The number of hydrogen-bond donors (Lipinski definition) is 2. The van der Waals surface area contributed by atoms with E-state index in [0.717, 1.165) is 24.2 Å². The van der Waals surface area contributed by atoms with Crippen LogP contribution in [0.15, 0.2) is 48.5 Å². The molecule has 38 heavy (non-hydrogen) atoms. The number of fused-ring (bicyclic) bond motifs is 1. The van der Waals surface area contributed by atoms with Gasteiger partial charge in [0.2, 0.25) is 5.91 Å². The molecule has 3 amide bonds. The van der Waals surface area contributed by atoms with Crippen molar-refractivity contribution in [2.24, 2.45) is 5.73 Å². The summed E-state index contributed by atoms with van der Waals surface area (Å²) >= 11 is 0. The normalized spacial score (nSPS) is 15.4. The highest BCUT2D eigenvalue weighted by Crippen LogP contribution is 2.31. The topological polar surface area (TPSA) is 123 Å². The zero-order valence-electron chi connectivity index (χ0n) is 21.5. The lowest BCUT2D eigenvalue weighted by atomic mass is 10.0. The van der Waals surface area contributed by atoms with E-state index in [1.54, 1.807) is 45.9 Å². The molecule has 1 aromatic heterocycles. The summed E-state index contributed by atoms with van der Waals surface area (Å²) in [5, 5.41) is 7.46. The fourth-order valence-corrected chi connectivity index (χ4v) is 4.98. The fraction of sp³-hybridized carbons (Fsp3) is 0.357.